The van der Waals surface area contributed by atoms with Gasteiger partial charge in [-0.05, 0) is 57.6 Å². The average Bonchev–Trinajstić information content (AvgIpc) is 2.96. The van der Waals surface area contributed by atoms with E-state index in [-0.39, 0.29) is 31.2 Å². The summed E-state index contributed by atoms with van der Waals surface area (Å²) in [6, 6.07) is 9.12. The maximum absolute atomic E-state index is 12.1. The van der Waals surface area contributed by atoms with Crippen molar-refractivity contribution in [2.45, 2.75) is 45.1 Å². The summed E-state index contributed by atoms with van der Waals surface area (Å²) in [5.74, 6) is 6.85. The Bertz CT molecular complexity index is 1240. The molecule has 0 spiro atoms. The van der Waals surface area contributed by atoms with Gasteiger partial charge in [0.2, 0.25) is 17.8 Å². The fourth-order valence-electron chi connectivity index (χ4n) is 3.37. The number of likely N-dealkylation sites (N-methyl/N-ethyl adjacent to an activating group) is 1. The van der Waals surface area contributed by atoms with Crippen LogP contribution in [-0.4, -0.2) is 78.2 Å². The number of nitriles is 1. The normalized spacial score (nSPS) is 11.3. The first-order chi connectivity index (χ1) is 19.8. The molecule has 0 unspecified atom stereocenters. The minimum Gasteiger partial charge on any atom is -0.391 e. The number of hydrogen-bond acceptors (Lipinski definition) is 9. The number of benzene rings is 1. The number of aromatic nitrogens is 2. The number of nitrogens with zero attached hydrogens (tertiary/aromatic N) is 4. The van der Waals surface area contributed by atoms with E-state index < -0.39 is 6.10 Å². The number of rotatable bonds is 16. The van der Waals surface area contributed by atoms with E-state index in [2.05, 4.69) is 56.1 Å². The third-order valence-electron chi connectivity index (χ3n) is 5.58. The summed E-state index contributed by atoms with van der Waals surface area (Å²) >= 11 is 0. The number of aliphatic hydroxyl groups is 1. The fourth-order valence-corrected chi connectivity index (χ4v) is 3.37. The summed E-state index contributed by atoms with van der Waals surface area (Å²) in [4.78, 5) is 34.6. The molecule has 0 bridgehead atoms. The standard InChI is InChI=1S/C30H40N8O3/c1-4-17-33-29-24(21-35-30(37-29)36-25-13-11-23(20-31)12-14-25)9-6-5-7-18-32-28(41)16-15-26(39)22-34-27(40)10-8-19-38(2)3/h8,10-14,21,26,39H,4-5,7,15-19,22H2,1-3H3,(H,32,41)(H,34,40)(H2,33,35,36,37)/b10-8+/t26-/m1/s1. The van der Waals surface area contributed by atoms with Gasteiger partial charge in [-0.15, -0.1) is 0 Å². The minimum absolute atomic E-state index is 0.0965. The number of carbonyl (C=O) groups is 2. The molecule has 1 heterocycles. The van der Waals surface area contributed by atoms with Crippen molar-refractivity contribution in [1.29, 1.82) is 5.26 Å². The number of hydrogen-bond donors (Lipinski definition) is 5. The van der Waals surface area contributed by atoms with Crippen molar-refractivity contribution in [2.24, 2.45) is 0 Å². The van der Waals surface area contributed by atoms with Crippen molar-refractivity contribution in [3.63, 3.8) is 0 Å². The Hall–Kier alpha value is -4.45. The van der Waals surface area contributed by atoms with Crippen LogP contribution in [0.15, 0.2) is 42.6 Å². The van der Waals surface area contributed by atoms with Crippen LogP contribution >= 0.6 is 0 Å². The SMILES string of the molecule is CCCNc1nc(Nc2ccc(C#N)cc2)ncc1C#CCCCNC(=O)CC[C@@H](O)CNC(=O)/C=C/CN(C)C. The van der Waals surface area contributed by atoms with Gasteiger partial charge in [0.1, 0.15) is 5.82 Å². The van der Waals surface area contributed by atoms with Crippen LogP contribution in [0.25, 0.3) is 0 Å². The van der Waals surface area contributed by atoms with Crippen LogP contribution in [0, 0.1) is 23.2 Å². The highest BCUT2D eigenvalue weighted by atomic mass is 16.3. The molecule has 0 saturated heterocycles. The lowest BCUT2D eigenvalue weighted by Gasteiger charge is -2.11. The smallest absolute Gasteiger partial charge is 0.243 e. The van der Waals surface area contributed by atoms with E-state index in [4.69, 9.17) is 5.26 Å². The number of carbonyl (C=O) groups excluding carboxylic acids is 2. The Morgan fingerprint density at radius 2 is 1.95 bits per heavy atom. The second-order valence-electron chi connectivity index (χ2n) is 9.55. The molecule has 11 heteroatoms. The molecule has 11 nitrogen and oxygen atoms in total. The Labute approximate surface area is 242 Å². The molecule has 2 amide bonds. The van der Waals surface area contributed by atoms with Crippen LogP contribution in [0.5, 0.6) is 0 Å². The lowest BCUT2D eigenvalue weighted by Crippen LogP contribution is -2.32. The molecule has 0 aliphatic rings. The van der Waals surface area contributed by atoms with Gasteiger partial charge in [-0.25, -0.2) is 4.98 Å². The summed E-state index contributed by atoms with van der Waals surface area (Å²) in [5.41, 5.74) is 2.03. The Morgan fingerprint density at radius 1 is 1.17 bits per heavy atom. The Kier molecular flexibility index (Phi) is 15.0. The topological polar surface area (TPSA) is 155 Å². The van der Waals surface area contributed by atoms with Gasteiger partial charge >= 0.3 is 0 Å². The van der Waals surface area contributed by atoms with Gasteiger partial charge in [0.15, 0.2) is 0 Å². The molecule has 0 saturated carbocycles. The third-order valence-corrected chi connectivity index (χ3v) is 5.58. The summed E-state index contributed by atoms with van der Waals surface area (Å²) < 4.78 is 0. The van der Waals surface area contributed by atoms with E-state index in [0.717, 1.165) is 18.7 Å². The van der Waals surface area contributed by atoms with E-state index in [9.17, 15) is 14.7 Å². The molecule has 1 aromatic heterocycles. The quantitative estimate of drug-likeness (QED) is 0.118. The fraction of sp³-hybridized carbons (Fsp3) is 0.433. The molecule has 0 aliphatic heterocycles. The molecule has 41 heavy (non-hydrogen) atoms. The Balaban J connectivity index is 1.73. The molecule has 0 aliphatic carbocycles. The molecule has 0 radical (unpaired) electrons. The van der Waals surface area contributed by atoms with Gasteiger partial charge in [-0.1, -0.05) is 24.8 Å². The first kappa shape index (κ1) is 32.8. The van der Waals surface area contributed by atoms with Crippen LogP contribution in [0.4, 0.5) is 17.5 Å². The molecular weight excluding hydrogens is 520 g/mol. The molecule has 0 fully saturated rings. The second-order valence-corrected chi connectivity index (χ2v) is 9.55. The lowest BCUT2D eigenvalue weighted by molar-refractivity contribution is -0.121. The molecular formula is C30H40N8O3. The van der Waals surface area contributed by atoms with Crippen LogP contribution in [0.2, 0.25) is 0 Å². The number of nitrogens with one attached hydrogen (secondary N) is 4. The summed E-state index contributed by atoms with van der Waals surface area (Å²) in [6.45, 7) is 4.03. The van der Waals surface area contributed by atoms with E-state index in [1.54, 1.807) is 36.5 Å². The van der Waals surface area contributed by atoms with Crippen molar-refractivity contribution in [2.75, 3.05) is 50.9 Å². The van der Waals surface area contributed by atoms with Gasteiger partial charge in [-0.2, -0.15) is 10.2 Å². The largest absolute Gasteiger partial charge is 0.391 e. The summed E-state index contributed by atoms with van der Waals surface area (Å²) in [5, 5.41) is 30.9. The van der Waals surface area contributed by atoms with Gasteiger partial charge in [0, 0.05) is 50.8 Å². The van der Waals surface area contributed by atoms with Crippen LogP contribution in [0.3, 0.4) is 0 Å². The van der Waals surface area contributed by atoms with E-state index in [0.29, 0.717) is 48.8 Å². The van der Waals surface area contributed by atoms with E-state index in [1.807, 2.05) is 19.0 Å². The van der Waals surface area contributed by atoms with Crippen molar-refractivity contribution in [3.8, 4) is 17.9 Å². The molecule has 1 aromatic carbocycles. The highest BCUT2D eigenvalue weighted by Gasteiger charge is 2.09. The predicted octanol–water partition coefficient (Wildman–Crippen LogP) is 2.54. The van der Waals surface area contributed by atoms with Crippen molar-refractivity contribution < 1.29 is 14.7 Å². The average molecular weight is 561 g/mol. The second kappa shape index (κ2) is 18.8. The number of aliphatic hydroxyl groups excluding tert-OH is 1. The van der Waals surface area contributed by atoms with E-state index >= 15 is 0 Å². The monoisotopic (exact) mass is 560 g/mol. The minimum atomic E-state index is -0.791. The molecule has 1 atom stereocenters. The molecule has 5 N–H and O–H groups in total. The lowest BCUT2D eigenvalue weighted by atomic mass is 10.2. The zero-order valence-corrected chi connectivity index (χ0v) is 24.0. The third kappa shape index (κ3) is 14.0. The van der Waals surface area contributed by atoms with Crippen molar-refractivity contribution in [3.05, 3.63) is 53.7 Å². The molecule has 218 valence electrons. The van der Waals surface area contributed by atoms with Gasteiger partial charge in [0.25, 0.3) is 0 Å². The zero-order chi connectivity index (χ0) is 29.9. The predicted molar refractivity (Wildman–Crippen MR) is 160 cm³/mol. The maximum atomic E-state index is 12.1. The highest BCUT2D eigenvalue weighted by molar-refractivity contribution is 5.87. The van der Waals surface area contributed by atoms with Crippen molar-refractivity contribution in [1.82, 2.24) is 25.5 Å². The van der Waals surface area contributed by atoms with Gasteiger partial charge in [-0.3, -0.25) is 9.59 Å². The number of unbranched alkanes of at least 4 members (excludes halogenated alkanes) is 1. The van der Waals surface area contributed by atoms with Crippen LogP contribution < -0.4 is 21.3 Å². The first-order valence-electron chi connectivity index (χ1n) is 13.7. The van der Waals surface area contributed by atoms with Crippen LogP contribution in [0.1, 0.15) is 50.2 Å². The van der Waals surface area contributed by atoms with Gasteiger partial charge < -0.3 is 31.3 Å². The van der Waals surface area contributed by atoms with Crippen LogP contribution in [-0.2, 0) is 9.59 Å². The van der Waals surface area contributed by atoms with Gasteiger partial charge in [0.05, 0.1) is 29.5 Å². The van der Waals surface area contributed by atoms with E-state index in [1.165, 1.54) is 6.08 Å². The molecule has 2 aromatic rings. The zero-order valence-electron chi connectivity index (χ0n) is 24.0. The maximum Gasteiger partial charge on any atom is 0.243 e. The summed E-state index contributed by atoms with van der Waals surface area (Å²) in [7, 11) is 3.81. The Morgan fingerprint density at radius 3 is 2.66 bits per heavy atom. The van der Waals surface area contributed by atoms with Crippen molar-refractivity contribution >= 4 is 29.3 Å². The first-order valence-corrected chi connectivity index (χ1v) is 13.7. The number of anilines is 3. The number of amides is 2. The molecule has 2 rings (SSSR count). The summed E-state index contributed by atoms with van der Waals surface area (Å²) in [6.07, 6.45) is 6.66. The highest BCUT2D eigenvalue weighted by Crippen LogP contribution is 2.18.